The van der Waals surface area contributed by atoms with Crippen LogP contribution < -0.4 is 17.0 Å². The molecule has 0 aliphatic heterocycles. The second kappa shape index (κ2) is 6.95. The maximum atomic E-state index is 12.1. The predicted molar refractivity (Wildman–Crippen MR) is 90.6 cm³/mol. The molecule has 0 saturated heterocycles. The highest BCUT2D eigenvalue weighted by Gasteiger charge is 2.16. The van der Waals surface area contributed by atoms with Gasteiger partial charge in [0.05, 0.1) is 11.4 Å². The molecule has 0 saturated carbocycles. The largest absolute Gasteiger partial charge is 0.494 e. The summed E-state index contributed by atoms with van der Waals surface area (Å²) in [6, 6.07) is 6.86. The molecule has 7 heteroatoms. The van der Waals surface area contributed by atoms with Crippen LogP contribution in [0, 0.1) is 0 Å². The third kappa shape index (κ3) is 3.68. The summed E-state index contributed by atoms with van der Waals surface area (Å²) in [5, 5.41) is 10.3. The number of nitrogens with zero attached hydrogens (tertiary/aromatic N) is 2. The average molecular weight is 316 g/mol. The van der Waals surface area contributed by atoms with Gasteiger partial charge in [-0.3, -0.25) is 19.3 Å². The molecule has 0 unspecified atom stereocenters. The van der Waals surface area contributed by atoms with Crippen LogP contribution in [-0.2, 0) is 6.54 Å². The number of aliphatic imine (C=N–C) groups is 1. The highest BCUT2D eigenvalue weighted by atomic mass is 16.3. The van der Waals surface area contributed by atoms with Crippen LogP contribution >= 0.6 is 0 Å². The van der Waals surface area contributed by atoms with Crippen molar-refractivity contribution in [2.75, 3.05) is 5.73 Å². The van der Waals surface area contributed by atoms with Gasteiger partial charge >= 0.3 is 5.69 Å². The average Bonchev–Trinajstić information content (AvgIpc) is 2.46. The summed E-state index contributed by atoms with van der Waals surface area (Å²) < 4.78 is 1.15. The predicted octanol–water partition coefficient (Wildman–Crippen LogP) is 1.77. The van der Waals surface area contributed by atoms with Gasteiger partial charge in [-0.05, 0) is 31.5 Å². The summed E-state index contributed by atoms with van der Waals surface area (Å²) in [5.41, 5.74) is 5.82. The lowest BCUT2D eigenvalue weighted by Gasteiger charge is -2.10. The van der Waals surface area contributed by atoms with Crippen LogP contribution in [0.3, 0.4) is 0 Å². The lowest BCUT2D eigenvalue weighted by atomic mass is 10.2. The van der Waals surface area contributed by atoms with Crippen LogP contribution in [0.1, 0.15) is 32.3 Å². The molecule has 4 N–H and O–H groups in total. The molecule has 0 atom stereocenters. The third-order valence-electron chi connectivity index (χ3n) is 3.44. The van der Waals surface area contributed by atoms with E-state index in [9.17, 15) is 14.7 Å². The summed E-state index contributed by atoms with van der Waals surface area (Å²) in [5.74, 6) is -0.364. The highest BCUT2D eigenvalue weighted by molar-refractivity contribution is 6.01. The Hall–Kier alpha value is -2.83. The first-order valence-electron chi connectivity index (χ1n) is 7.41. The van der Waals surface area contributed by atoms with E-state index in [-0.39, 0.29) is 11.4 Å². The highest BCUT2D eigenvalue weighted by Crippen LogP contribution is 2.19. The van der Waals surface area contributed by atoms with E-state index in [1.807, 2.05) is 6.92 Å². The fourth-order valence-corrected chi connectivity index (χ4v) is 2.25. The van der Waals surface area contributed by atoms with Crippen LogP contribution in [0.5, 0.6) is 5.88 Å². The summed E-state index contributed by atoms with van der Waals surface area (Å²) in [6.07, 6.45) is 1.57. The topological polar surface area (TPSA) is 113 Å². The van der Waals surface area contributed by atoms with Gasteiger partial charge in [0.15, 0.2) is 0 Å². The molecule has 0 spiro atoms. The lowest BCUT2D eigenvalue weighted by molar-refractivity contribution is 0.394. The van der Waals surface area contributed by atoms with E-state index < -0.39 is 11.2 Å². The van der Waals surface area contributed by atoms with Crippen molar-refractivity contribution in [3.05, 3.63) is 50.7 Å². The van der Waals surface area contributed by atoms with Crippen molar-refractivity contribution in [3.63, 3.8) is 0 Å². The summed E-state index contributed by atoms with van der Waals surface area (Å²) in [4.78, 5) is 30.4. The zero-order chi connectivity index (χ0) is 17.0. The minimum absolute atomic E-state index is 0.0110. The molecule has 23 heavy (non-hydrogen) atoms. The number of nitrogens with two attached hydrogens (primary N) is 1. The molecule has 7 nitrogen and oxygen atoms in total. The Labute approximate surface area is 133 Å². The summed E-state index contributed by atoms with van der Waals surface area (Å²) in [6.45, 7) is 3.90. The smallest absolute Gasteiger partial charge is 0.331 e. The molecule has 0 amide bonds. The number of aromatic amines is 1. The first kappa shape index (κ1) is 16.5. The lowest BCUT2D eigenvalue weighted by Crippen LogP contribution is -2.33. The molecular formula is C16H20N4O3. The number of hydrogen-bond donors (Lipinski definition) is 3. The molecule has 0 fully saturated rings. The second-order valence-electron chi connectivity index (χ2n) is 5.26. The van der Waals surface area contributed by atoms with Crippen LogP contribution in [0.15, 0.2) is 38.8 Å². The van der Waals surface area contributed by atoms with Crippen molar-refractivity contribution < 1.29 is 5.11 Å². The number of rotatable bonds is 5. The Kier molecular flexibility index (Phi) is 5.00. The first-order chi connectivity index (χ1) is 10.9. The van der Waals surface area contributed by atoms with Crippen molar-refractivity contribution in [3.8, 4) is 5.88 Å². The molecule has 0 bridgehead atoms. The van der Waals surface area contributed by atoms with E-state index in [2.05, 4.69) is 9.98 Å². The Morgan fingerprint density at radius 1 is 1.39 bits per heavy atom. The van der Waals surface area contributed by atoms with Gasteiger partial charge in [-0.25, -0.2) is 4.79 Å². The Bertz CT molecular complexity index is 849. The fourth-order valence-electron chi connectivity index (χ4n) is 2.25. The zero-order valence-electron chi connectivity index (χ0n) is 13.2. The van der Waals surface area contributed by atoms with Gasteiger partial charge in [-0.2, -0.15) is 0 Å². The van der Waals surface area contributed by atoms with Gasteiger partial charge in [-0.1, -0.05) is 19.4 Å². The molecule has 0 aliphatic rings. The minimum Gasteiger partial charge on any atom is -0.494 e. The van der Waals surface area contributed by atoms with E-state index in [4.69, 9.17) is 5.73 Å². The maximum Gasteiger partial charge on any atom is 0.331 e. The second-order valence-corrected chi connectivity index (χ2v) is 5.26. The van der Waals surface area contributed by atoms with E-state index in [0.29, 0.717) is 30.1 Å². The van der Waals surface area contributed by atoms with E-state index >= 15 is 0 Å². The minimum atomic E-state index is -0.662. The van der Waals surface area contributed by atoms with E-state index in [1.165, 1.54) is 0 Å². The molecule has 0 radical (unpaired) electrons. The van der Waals surface area contributed by atoms with Gasteiger partial charge in [0.1, 0.15) is 5.56 Å². The van der Waals surface area contributed by atoms with E-state index in [1.54, 1.807) is 31.2 Å². The molecule has 0 aliphatic carbocycles. The van der Waals surface area contributed by atoms with Crippen molar-refractivity contribution in [2.45, 2.75) is 33.2 Å². The number of unbranched alkanes of at least 4 members (excludes halogenated alkanes) is 1. The van der Waals surface area contributed by atoms with Gasteiger partial charge in [0.25, 0.3) is 5.56 Å². The van der Waals surface area contributed by atoms with Crippen molar-refractivity contribution in [1.82, 2.24) is 9.55 Å². The zero-order valence-corrected chi connectivity index (χ0v) is 13.2. The van der Waals surface area contributed by atoms with E-state index in [0.717, 1.165) is 11.0 Å². The number of aromatic hydroxyl groups is 1. The monoisotopic (exact) mass is 316 g/mol. The quantitative estimate of drug-likeness (QED) is 0.576. The van der Waals surface area contributed by atoms with Crippen molar-refractivity contribution in [1.29, 1.82) is 0 Å². The molecule has 1 aromatic carbocycles. The molecule has 2 aromatic rings. The van der Waals surface area contributed by atoms with Crippen molar-refractivity contribution in [2.24, 2.45) is 4.99 Å². The third-order valence-corrected chi connectivity index (χ3v) is 3.44. The van der Waals surface area contributed by atoms with Gasteiger partial charge in [-0.15, -0.1) is 0 Å². The number of H-pyrrole nitrogens is 1. The molecule has 1 aromatic heterocycles. The number of nitrogens with one attached hydrogen (secondary N) is 1. The van der Waals surface area contributed by atoms with Crippen LogP contribution in [0.25, 0.3) is 0 Å². The molecule has 2 rings (SSSR count). The molecule has 1 heterocycles. The number of aromatic nitrogens is 2. The fraction of sp³-hybridized carbons (Fsp3) is 0.312. The Morgan fingerprint density at radius 3 is 2.78 bits per heavy atom. The molecule has 122 valence electrons. The first-order valence-corrected chi connectivity index (χ1v) is 7.41. The number of anilines is 1. The molecular weight excluding hydrogens is 296 g/mol. The van der Waals surface area contributed by atoms with Crippen molar-refractivity contribution >= 4 is 17.1 Å². The number of nitrogen functional groups attached to an aromatic ring is 1. The number of hydrogen-bond acceptors (Lipinski definition) is 5. The van der Waals surface area contributed by atoms with Crippen LogP contribution in [-0.4, -0.2) is 20.4 Å². The van der Waals surface area contributed by atoms with Gasteiger partial charge < -0.3 is 10.8 Å². The van der Waals surface area contributed by atoms with Crippen LogP contribution in [0.2, 0.25) is 0 Å². The standard InChI is InChI=1S/C16H20N4O3/c1-3-4-8-20-15(22)13(14(21)19-16(20)23)10(2)18-12-7-5-6-11(17)9-12/h5-7,9,22H,3-4,8,17H2,1-2H3,(H,19,21,23). The Morgan fingerprint density at radius 2 is 2.13 bits per heavy atom. The van der Waals surface area contributed by atoms with Gasteiger partial charge in [0, 0.05) is 12.2 Å². The Balaban J connectivity index is 2.54. The SMILES string of the molecule is CCCCn1c(O)c(C(C)=Nc2cccc(N)c2)c(=O)[nH]c1=O. The summed E-state index contributed by atoms with van der Waals surface area (Å²) >= 11 is 0. The summed E-state index contributed by atoms with van der Waals surface area (Å²) in [7, 11) is 0. The van der Waals surface area contributed by atoms with Gasteiger partial charge in [0.2, 0.25) is 5.88 Å². The van der Waals surface area contributed by atoms with Crippen LogP contribution in [0.4, 0.5) is 11.4 Å². The maximum absolute atomic E-state index is 12.1. The number of benzene rings is 1. The normalized spacial score (nSPS) is 11.7.